The maximum atomic E-state index is 13.1. The minimum atomic E-state index is -1.34. The largest absolute Gasteiger partial charge is 0.481 e. The predicted molar refractivity (Wildman–Crippen MR) is 97.1 cm³/mol. The standard InChI is InChI=1S/C21H28O7/c1-11-9-19-10-20(11,27)8-5-12(19)21(17(25)26)7-4-6-18(2,16(23)24)14(21)13(19)15(22)28-3/h12-14,27H,1,4-10H2,2-3H3,(H,23,24)(H,25,26). The Bertz CT molecular complexity index is 790. The van der Waals surface area contributed by atoms with Gasteiger partial charge < -0.3 is 20.1 Å². The number of esters is 1. The fourth-order valence-electron chi connectivity index (χ4n) is 7.83. The molecule has 0 aliphatic heterocycles. The van der Waals surface area contributed by atoms with Gasteiger partial charge in [-0.3, -0.25) is 14.4 Å². The first-order valence-corrected chi connectivity index (χ1v) is 9.95. The van der Waals surface area contributed by atoms with Crippen LogP contribution in [-0.2, 0) is 19.1 Å². The summed E-state index contributed by atoms with van der Waals surface area (Å²) in [6.07, 6.45) is 2.60. The molecule has 7 unspecified atom stereocenters. The van der Waals surface area contributed by atoms with Crippen molar-refractivity contribution in [3.05, 3.63) is 12.2 Å². The van der Waals surface area contributed by atoms with Crippen LogP contribution in [0.2, 0.25) is 0 Å². The minimum Gasteiger partial charge on any atom is -0.481 e. The Morgan fingerprint density at radius 3 is 2.39 bits per heavy atom. The van der Waals surface area contributed by atoms with Crippen LogP contribution in [-0.4, -0.2) is 45.9 Å². The number of carboxylic acids is 2. The molecule has 0 saturated heterocycles. The number of aliphatic carboxylic acids is 2. The molecule has 3 N–H and O–H groups in total. The second kappa shape index (κ2) is 5.59. The number of aliphatic hydroxyl groups is 1. The molecular formula is C21H28O7. The molecule has 2 bridgehead atoms. The fraction of sp³-hybridized carbons (Fsp3) is 0.762. The summed E-state index contributed by atoms with van der Waals surface area (Å²) in [6.45, 7) is 5.61. The lowest BCUT2D eigenvalue weighted by atomic mass is 9.52. The van der Waals surface area contributed by atoms with Gasteiger partial charge in [0.05, 0.1) is 29.5 Å². The molecule has 4 aliphatic carbocycles. The Hall–Kier alpha value is -1.89. The van der Waals surface area contributed by atoms with E-state index in [9.17, 15) is 29.7 Å². The molecule has 4 saturated carbocycles. The van der Waals surface area contributed by atoms with Gasteiger partial charge >= 0.3 is 17.9 Å². The highest BCUT2D eigenvalue weighted by Gasteiger charge is 2.80. The molecule has 7 atom stereocenters. The highest BCUT2D eigenvalue weighted by Crippen LogP contribution is 2.78. The third-order valence-electron chi connectivity index (χ3n) is 8.81. The number of hydrogen-bond acceptors (Lipinski definition) is 5. The van der Waals surface area contributed by atoms with Crippen molar-refractivity contribution in [2.24, 2.45) is 34.0 Å². The molecule has 4 aliphatic rings. The second-order valence-corrected chi connectivity index (χ2v) is 9.71. The van der Waals surface area contributed by atoms with Crippen molar-refractivity contribution in [1.29, 1.82) is 0 Å². The molecule has 28 heavy (non-hydrogen) atoms. The fourth-order valence-corrected chi connectivity index (χ4v) is 7.83. The number of rotatable bonds is 3. The summed E-state index contributed by atoms with van der Waals surface area (Å²) in [5, 5.41) is 31.6. The predicted octanol–water partition coefficient (Wildman–Crippen LogP) is 2.23. The number of methoxy groups -OCH3 is 1. The van der Waals surface area contributed by atoms with Crippen LogP contribution in [0.1, 0.15) is 51.9 Å². The molecule has 0 heterocycles. The van der Waals surface area contributed by atoms with Gasteiger partial charge in [0.25, 0.3) is 0 Å². The Labute approximate surface area is 163 Å². The number of hydrogen-bond donors (Lipinski definition) is 3. The Morgan fingerprint density at radius 1 is 1.14 bits per heavy atom. The van der Waals surface area contributed by atoms with Crippen molar-refractivity contribution in [3.8, 4) is 0 Å². The zero-order valence-electron chi connectivity index (χ0n) is 16.4. The van der Waals surface area contributed by atoms with Gasteiger partial charge in [-0.2, -0.15) is 0 Å². The van der Waals surface area contributed by atoms with E-state index in [1.165, 1.54) is 7.11 Å². The highest BCUT2D eigenvalue weighted by atomic mass is 16.5. The van der Waals surface area contributed by atoms with Crippen LogP contribution in [0.3, 0.4) is 0 Å². The summed E-state index contributed by atoms with van der Waals surface area (Å²) in [7, 11) is 1.26. The van der Waals surface area contributed by atoms with Crippen molar-refractivity contribution < 1.29 is 34.4 Å². The van der Waals surface area contributed by atoms with Crippen LogP contribution >= 0.6 is 0 Å². The lowest BCUT2D eigenvalue weighted by molar-refractivity contribution is -0.178. The van der Waals surface area contributed by atoms with E-state index in [0.29, 0.717) is 44.1 Å². The van der Waals surface area contributed by atoms with Gasteiger partial charge in [-0.1, -0.05) is 13.0 Å². The number of carboxylic acid groups (broad SMARTS) is 2. The highest BCUT2D eigenvalue weighted by molar-refractivity contribution is 5.86. The van der Waals surface area contributed by atoms with E-state index in [4.69, 9.17) is 4.74 Å². The van der Waals surface area contributed by atoms with Crippen LogP contribution in [0, 0.1) is 34.0 Å². The third kappa shape index (κ3) is 1.96. The Morgan fingerprint density at radius 2 is 1.82 bits per heavy atom. The van der Waals surface area contributed by atoms with E-state index in [1.807, 2.05) is 0 Å². The van der Waals surface area contributed by atoms with E-state index in [-0.39, 0.29) is 12.3 Å². The molecule has 0 aromatic heterocycles. The normalized spacial score (nSPS) is 49.2. The van der Waals surface area contributed by atoms with Crippen molar-refractivity contribution in [3.63, 3.8) is 0 Å². The monoisotopic (exact) mass is 392 g/mol. The number of fused-ring (bicyclic) bond motifs is 3. The van der Waals surface area contributed by atoms with Gasteiger partial charge in [-0.05, 0) is 62.4 Å². The van der Waals surface area contributed by atoms with Gasteiger partial charge in [-0.15, -0.1) is 0 Å². The molecule has 4 fully saturated rings. The van der Waals surface area contributed by atoms with Crippen molar-refractivity contribution in [1.82, 2.24) is 0 Å². The lowest BCUT2D eigenvalue weighted by Gasteiger charge is -2.49. The van der Waals surface area contributed by atoms with Gasteiger partial charge in [0.15, 0.2) is 0 Å². The lowest BCUT2D eigenvalue weighted by Crippen LogP contribution is -2.55. The summed E-state index contributed by atoms with van der Waals surface area (Å²) >= 11 is 0. The molecule has 7 heteroatoms. The average molecular weight is 392 g/mol. The van der Waals surface area contributed by atoms with Crippen LogP contribution < -0.4 is 0 Å². The third-order valence-corrected chi connectivity index (χ3v) is 8.81. The summed E-state index contributed by atoms with van der Waals surface area (Å²) in [5.74, 6) is -4.81. The molecule has 0 aromatic rings. The van der Waals surface area contributed by atoms with Gasteiger partial charge in [-0.25, -0.2) is 0 Å². The molecule has 1 spiro atoms. The van der Waals surface area contributed by atoms with E-state index in [0.717, 1.165) is 0 Å². The minimum absolute atomic E-state index is 0.254. The average Bonchev–Trinajstić information content (AvgIpc) is 2.99. The zero-order chi connectivity index (χ0) is 20.7. The molecule has 154 valence electrons. The number of carbonyl (C=O) groups excluding carboxylic acids is 1. The maximum Gasteiger partial charge on any atom is 0.310 e. The molecule has 7 nitrogen and oxygen atoms in total. The van der Waals surface area contributed by atoms with E-state index in [2.05, 4.69) is 6.58 Å². The van der Waals surface area contributed by atoms with Gasteiger partial charge in [0.1, 0.15) is 0 Å². The number of ether oxygens (including phenoxy) is 1. The quantitative estimate of drug-likeness (QED) is 0.497. The summed E-state index contributed by atoms with van der Waals surface area (Å²) in [4.78, 5) is 38.2. The Kier molecular flexibility index (Phi) is 3.88. The van der Waals surface area contributed by atoms with Crippen LogP contribution in [0.5, 0.6) is 0 Å². The van der Waals surface area contributed by atoms with Crippen molar-refractivity contribution in [2.75, 3.05) is 7.11 Å². The Balaban J connectivity index is 2.01. The van der Waals surface area contributed by atoms with E-state index in [1.54, 1.807) is 6.92 Å². The molecule has 0 aromatic carbocycles. The van der Waals surface area contributed by atoms with Crippen LogP contribution in [0.25, 0.3) is 0 Å². The molecule has 4 rings (SSSR count). The maximum absolute atomic E-state index is 13.1. The summed E-state index contributed by atoms with van der Waals surface area (Å²) in [6, 6.07) is 0. The summed E-state index contributed by atoms with van der Waals surface area (Å²) in [5.41, 5.74) is -3.96. The second-order valence-electron chi connectivity index (χ2n) is 9.71. The molecular weight excluding hydrogens is 364 g/mol. The smallest absolute Gasteiger partial charge is 0.310 e. The van der Waals surface area contributed by atoms with Crippen molar-refractivity contribution >= 4 is 17.9 Å². The van der Waals surface area contributed by atoms with Gasteiger partial charge in [0.2, 0.25) is 0 Å². The molecule has 0 radical (unpaired) electrons. The molecule has 0 amide bonds. The summed E-state index contributed by atoms with van der Waals surface area (Å²) < 4.78 is 5.11. The van der Waals surface area contributed by atoms with Crippen LogP contribution in [0.4, 0.5) is 0 Å². The first-order valence-electron chi connectivity index (χ1n) is 9.95. The number of carbonyl (C=O) groups is 3. The zero-order valence-corrected chi connectivity index (χ0v) is 16.4. The van der Waals surface area contributed by atoms with E-state index >= 15 is 0 Å². The topological polar surface area (TPSA) is 121 Å². The van der Waals surface area contributed by atoms with Crippen LogP contribution in [0.15, 0.2) is 12.2 Å². The first-order chi connectivity index (χ1) is 13.0. The van der Waals surface area contributed by atoms with E-state index < -0.39 is 51.6 Å². The first kappa shape index (κ1) is 19.4. The SMILES string of the molecule is C=C1CC23CC1(O)CCC2C1(C(=O)O)CCCC(C)(C(=O)O)C1C3C(=O)OC. The van der Waals surface area contributed by atoms with Gasteiger partial charge in [0, 0.05) is 5.92 Å². The van der Waals surface area contributed by atoms with Crippen molar-refractivity contribution in [2.45, 2.75) is 57.5 Å².